The molecule has 0 spiro atoms. The van der Waals surface area contributed by atoms with Crippen LogP contribution in [-0.4, -0.2) is 19.4 Å². The molecule has 0 bridgehead atoms. The summed E-state index contributed by atoms with van der Waals surface area (Å²) in [5, 5.41) is 7.91. The predicted octanol–water partition coefficient (Wildman–Crippen LogP) is 4.89. The van der Waals surface area contributed by atoms with Gasteiger partial charge in [0.2, 0.25) is 0 Å². The molecule has 0 aliphatic carbocycles. The predicted molar refractivity (Wildman–Crippen MR) is 109 cm³/mol. The molecule has 4 nitrogen and oxygen atoms in total. The van der Waals surface area contributed by atoms with Gasteiger partial charge in [-0.2, -0.15) is 5.10 Å². The van der Waals surface area contributed by atoms with Gasteiger partial charge in [-0.25, -0.2) is 4.39 Å². The fraction of sp³-hybridized carbons (Fsp3) is 0.0909. The van der Waals surface area contributed by atoms with E-state index in [1.165, 1.54) is 12.1 Å². The van der Waals surface area contributed by atoms with Gasteiger partial charge in [0.1, 0.15) is 16.5 Å². The van der Waals surface area contributed by atoms with Gasteiger partial charge in [0, 0.05) is 23.5 Å². The Morgan fingerprint density at radius 1 is 0.929 bits per heavy atom. The van der Waals surface area contributed by atoms with E-state index in [9.17, 15) is 8.60 Å². The average Bonchev–Trinajstić information content (AvgIpc) is 3.16. The molecule has 1 atom stereocenters. The summed E-state index contributed by atoms with van der Waals surface area (Å²) in [4.78, 5) is 4.06. The third-order valence-corrected chi connectivity index (χ3v) is 5.81. The summed E-state index contributed by atoms with van der Waals surface area (Å²) in [7, 11) is -1.32. The van der Waals surface area contributed by atoms with Crippen molar-refractivity contribution in [1.82, 2.24) is 15.2 Å². The Bertz CT molecular complexity index is 1110. The van der Waals surface area contributed by atoms with Gasteiger partial charge in [-0.15, -0.1) is 0 Å². The zero-order valence-corrected chi connectivity index (χ0v) is 16.0. The molecule has 0 aliphatic heterocycles. The SMILES string of the molecule is Cc1ccc(CS(=O)c2[nH]nc(-c3ccc(F)cc3)c2-c2ccncc2)cc1. The van der Waals surface area contributed by atoms with Crippen LogP contribution in [0.2, 0.25) is 0 Å². The lowest BCUT2D eigenvalue weighted by molar-refractivity contribution is 0.628. The third-order valence-electron chi connectivity index (χ3n) is 4.47. The van der Waals surface area contributed by atoms with E-state index in [1.807, 2.05) is 43.3 Å². The highest BCUT2D eigenvalue weighted by Crippen LogP contribution is 2.35. The van der Waals surface area contributed by atoms with Gasteiger partial charge in [-0.3, -0.25) is 14.3 Å². The van der Waals surface area contributed by atoms with E-state index in [4.69, 9.17) is 0 Å². The molecular weight excluding hydrogens is 373 g/mol. The number of nitrogens with one attached hydrogen (secondary N) is 1. The van der Waals surface area contributed by atoms with E-state index in [1.54, 1.807) is 24.5 Å². The van der Waals surface area contributed by atoms with Crippen LogP contribution in [0.5, 0.6) is 0 Å². The number of hydrogen-bond donors (Lipinski definition) is 1. The quantitative estimate of drug-likeness (QED) is 0.527. The first-order valence-electron chi connectivity index (χ1n) is 8.80. The van der Waals surface area contributed by atoms with Crippen molar-refractivity contribution in [2.45, 2.75) is 17.7 Å². The molecule has 0 aliphatic rings. The summed E-state index contributed by atoms with van der Waals surface area (Å²) < 4.78 is 26.5. The van der Waals surface area contributed by atoms with E-state index in [-0.39, 0.29) is 5.82 Å². The van der Waals surface area contributed by atoms with E-state index < -0.39 is 10.8 Å². The second-order valence-corrected chi connectivity index (χ2v) is 7.88. The van der Waals surface area contributed by atoms with Gasteiger partial charge >= 0.3 is 0 Å². The van der Waals surface area contributed by atoms with Crippen molar-refractivity contribution >= 4 is 10.8 Å². The molecule has 4 rings (SSSR count). The van der Waals surface area contributed by atoms with Crippen LogP contribution in [-0.2, 0) is 16.6 Å². The average molecular weight is 391 g/mol. The number of aromatic amines is 1. The number of aryl methyl sites for hydroxylation is 1. The molecule has 4 aromatic rings. The standard InChI is InChI=1S/C22H18FN3OS/c1-15-2-4-16(5-3-15)14-28(27)22-20(17-10-12-24-13-11-17)21(25-26-22)18-6-8-19(23)9-7-18/h2-13H,14H2,1H3,(H,25,26). The van der Waals surface area contributed by atoms with Crippen LogP contribution in [0.1, 0.15) is 11.1 Å². The summed E-state index contributed by atoms with van der Waals surface area (Å²) in [6, 6.07) is 17.8. The van der Waals surface area contributed by atoms with Gasteiger partial charge in [0.05, 0.1) is 16.6 Å². The van der Waals surface area contributed by atoms with E-state index in [0.29, 0.717) is 16.5 Å². The van der Waals surface area contributed by atoms with Crippen LogP contribution in [0.15, 0.2) is 78.1 Å². The van der Waals surface area contributed by atoms with Gasteiger partial charge in [0.25, 0.3) is 0 Å². The maximum atomic E-state index is 13.3. The summed E-state index contributed by atoms with van der Waals surface area (Å²) >= 11 is 0. The molecule has 0 saturated carbocycles. The number of H-pyrrole nitrogens is 1. The highest BCUT2D eigenvalue weighted by Gasteiger charge is 2.21. The Balaban J connectivity index is 1.77. The summed E-state index contributed by atoms with van der Waals surface area (Å²) in [5.74, 6) is 0.0663. The molecule has 0 fully saturated rings. The van der Waals surface area contributed by atoms with E-state index in [2.05, 4.69) is 15.2 Å². The Kier molecular flexibility index (Phi) is 5.12. The molecule has 28 heavy (non-hydrogen) atoms. The molecule has 140 valence electrons. The monoisotopic (exact) mass is 391 g/mol. The van der Waals surface area contributed by atoms with Crippen molar-refractivity contribution < 1.29 is 8.60 Å². The van der Waals surface area contributed by atoms with Crippen LogP contribution in [0.25, 0.3) is 22.4 Å². The zero-order valence-electron chi connectivity index (χ0n) is 15.2. The van der Waals surface area contributed by atoms with Crippen LogP contribution >= 0.6 is 0 Å². The maximum Gasteiger partial charge on any atom is 0.130 e. The van der Waals surface area contributed by atoms with E-state index >= 15 is 0 Å². The molecule has 2 heterocycles. The summed E-state index contributed by atoms with van der Waals surface area (Å²) in [6.45, 7) is 2.02. The van der Waals surface area contributed by atoms with E-state index in [0.717, 1.165) is 27.8 Å². The van der Waals surface area contributed by atoms with Crippen LogP contribution in [0.4, 0.5) is 4.39 Å². The second-order valence-electron chi connectivity index (χ2n) is 6.49. The summed E-state index contributed by atoms with van der Waals surface area (Å²) in [6.07, 6.45) is 3.37. The molecule has 1 unspecified atom stereocenters. The number of nitrogens with zero attached hydrogens (tertiary/aromatic N) is 2. The van der Waals surface area contributed by atoms with Crippen LogP contribution < -0.4 is 0 Å². The normalized spacial score (nSPS) is 12.1. The molecule has 1 N–H and O–H groups in total. The fourth-order valence-corrected chi connectivity index (χ4v) is 4.23. The Morgan fingerprint density at radius 3 is 2.29 bits per heavy atom. The van der Waals surface area contributed by atoms with Crippen molar-refractivity contribution in [3.8, 4) is 22.4 Å². The molecule has 6 heteroatoms. The molecule has 2 aromatic carbocycles. The highest BCUT2D eigenvalue weighted by atomic mass is 32.2. The molecule has 0 saturated heterocycles. The number of pyridine rings is 1. The first kappa shape index (κ1) is 18.3. The number of hydrogen-bond acceptors (Lipinski definition) is 3. The number of rotatable bonds is 5. The maximum absolute atomic E-state index is 13.3. The third kappa shape index (κ3) is 3.77. The first-order valence-corrected chi connectivity index (χ1v) is 10.1. The molecular formula is C22H18FN3OS. The number of aromatic nitrogens is 3. The fourth-order valence-electron chi connectivity index (χ4n) is 3.00. The largest absolute Gasteiger partial charge is 0.268 e. The number of benzene rings is 2. The molecule has 2 aromatic heterocycles. The molecule has 0 radical (unpaired) electrons. The zero-order chi connectivity index (χ0) is 19.5. The van der Waals surface area contributed by atoms with Gasteiger partial charge in [-0.05, 0) is 54.4 Å². The minimum absolute atomic E-state index is 0.312. The Hall–Kier alpha value is -3.12. The van der Waals surface area contributed by atoms with Gasteiger partial charge in [0.15, 0.2) is 0 Å². The highest BCUT2D eigenvalue weighted by molar-refractivity contribution is 7.84. The molecule has 0 amide bonds. The topological polar surface area (TPSA) is 58.6 Å². The lowest BCUT2D eigenvalue weighted by Gasteiger charge is -2.07. The lowest BCUT2D eigenvalue weighted by atomic mass is 10.0. The van der Waals surface area contributed by atoms with Crippen LogP contribution in [0.3, 0.4) is 0 Å². The second kappa shape index (κ2) is 7.86. The Morgan fingerprint density at radius 2 is 1.61 bits per heavy atom. The van der Waals surface area contributed by atoms with Crippen molar-refractivity contribution in [3.63, 3.8) is 0 Å². The Labute approximate surface area is 164 Å². The minimum Gasteiger partial charge on any atom is -0.268 e. The number of halogens is 1. The van der Waals surface area contributed by atoms with Crippen LogP contribution in [0, 0.1) is 12.7 Å². The summed E-state index contributed by atoms with van der Waals surface area (Å²) in [5.41, 5.74) is 5.14. The van der Waals surface area contributed by atoms with Gasteiger partial charge in [-0.1, -0.05) is 29.8 Å². The smallest absolute Gasteiger partial charge is 0.130 e. The van der Waals surface area contributed by atoms with Crippen molar-refractivity contribution in [1.29, 1.82) is 0 Å². The van der Waals surface area contributed by atoms with Crippen molar-refractivity contribution in [2.24, 2.45) is 0 Å². The first-order chi connectivity index (χ1) is 13.6. The van der Waals surface area contributed by atoms with Crippen molar-refractivity contribution in [2.75, 3.05) is 0 Å². The minimum atomic E-state index is -1.32. The van der Waals surface area contributed by atoms with Gasteiger partial charge < -0.3 is 0 Å². The van der Waals surface area contributed by atoms with Crippen molar-refractivity contribution in [3.05, 3.63) is 90.0 Å². The lowest BCUT2D eigenvalue weighted by Crippen LogP contribution is -1.99.